The fourth-order valence-electron chi connectivity index (χ4n) is 3.13. The number of nitrogens with zero attached hydrogens (tertiary/aromatic N) is 3. The van der Waals surface area contributed by atoms with Crippen LogP contribution in [0.1, 0.15) is 18.9 Å². The van der Waals surface area contributed by atoms with E-state index < -0.39 is 6.04 Å². The minimum absolute atomic E-state index is 0.190. The van der Waals surface area contributed by atoms with E-state index in [-0.39, 0.29) is 18.6 Å². The lowest BCUT2D eigenvalue weighted by molar-refractivity contribution is -0.132. The lowest BCUT2D eigenvalue weighted by Crippen LogP contribution is -2.47. The second-order valence-electron chi connectivity index (χ2n) is 6.79. The first kappa shape index (κ1) is 20.4. The van der Waals surface area contributed by atoms with Crippen LogP contribution in [0.25, 0.3) is 6.08 Å². The third-order valence-corrected chi connectivity index (χ3v) is 6.07. The molecule has 1 aromatic heterocycles. The fraction of sp³-hybridized carbons (Fsp3) is 0.300. The summed E-state index contributed by atoms with van der Waals surface area (Å²) in [4.78, 5) is 31.2. The largest absolute Gasteiger partial charge is 0.454 e. The average molecular weight is 445 g/mol. The van der Waals surface area contributed by atoms with Crippen LogP contribution in [-0.4, -0.2) is 50.0 Å². The first-order chi connectivity index (χ1) is 14.5. The van der Waals surface area contributed by atoms with Crippen LogP contribution in [0.4, 0.5) is 0 Å². The van der Waals surface area contributed by atoms with E-state index in [1.165, 1.54) is 16.7 Å². The monoisotopic (exact) mass is 444 g/mol. The molecule has 8 nitrogen and oxygen atoms in total. The van der Waals surface area contributed by atoms with Gasteiger partial charge in [-0.15, -0.1) is 0 Å². The molecule has 30 heavy (non-hydrogen) atoms. The summed E-state index contributed by atoms with van der Waals surface area (Å²) in [5, 5.41) is 2.87. The van der Waals surface area contributed by atoms with Gasteiger partial charge in [0.25, 0.3) is 5.91 Å². The van der Waals surface area contributed by atoms with E-state index in [4.69, 9.17) is 21.7 Å². The Morgan fingerprint density at radius 2 is 2.23 bits per heavy atom. The Kier molecular flexibility index (Phi) is 6.05. The van der Waals surface area contributed by atoms with Crippen molar-refractivity contribution in [3.05, 3.63) is 47.4 Å². The number of carbonyl (C=O) groups is 2. The number of benzene rings is 1. The number of hydrogen-bond donors (Lipinski definition) is 1. The quantitative estimate of drug-likeness (QED) is 0.399. The summed E-state index contributed by atoms with van der Waals surface area (Å²) in [6.07, 6.45) is 7.83. The first-order valence-electron chi connectivity index (χ1n) is 9.43. The molecule has 3 heterocycles. The molecule has 2 aliphatic heterocycles. The van der Waals surface area contributed by atoms with Gasteiger partial charge in [-0.25, -0.2) is 4.98 Å². The molecule has 2 amide bonds. The normalized spacial score (nSPS) is 17.6. The molecule has 0 spiro atoms. The van der Waals surface area contributed by atoms with Gasteiger partial charge in [0.2, 0.25) is 12.7 Å². The summed E-state index contributed by atoms with van der Waals surface area (Å²) in [6.45, 7) is 3.13. The van der Waals surface area contributed by atoms with Crippen molar-refractivity contribution in [1.29, 1.82) is 0 Å². The number of carbonyl (C=O) groups excluding carboxylic acids is 2. The Bertz CT molecular complexity index is 1010. The number of ether oxygens (including phenoxy) is 2. The molecule has 10 heteroatoms. The molecule has 156 valence electrons. The zero-order valence-corrected chi connectivity index (χ0v) is 17.9. The number of rotatable bonds is 7. The third kappa shape index (κ3) is 4.34. The highest BCUT2D eigenvalue weighted by Crippen LogP contribution is 2.37. The van der Waals surface area contributed by atoms with Gasteiger partial charge in [0.1, 0.15) is 10.4 Å². The molecule has 1 fully saturated rings. The number of aromatic nitrogens is 2. The summed E-state index contributed by atoms with van der Waals surface area (Å²) in [6, 6.07) is 4.77. The standard InChI is InChI=1S/C20H20N4O4S2/c1-13(18(25)22-5-2-7-23-8-6-21-11-23)24-19(26)17(30-20(24)29)10-14-3-4-15-16(9-14)28-12-27-15/h3-4,6,8-11,13H,2,5,7,12H2,1H3,(H,22,25)/b17-10-/t13-/m0/s1. The van der Waals surface area contributed by atoms with E-state index in [0.717, 1.165) is 18.5 Å². The SMILES string of the molecule is C[C@@H](C(=O)NCCCn1ccnc1)N1C(=O)/C(=C/c2ccc3c(c2)OCO3)SC1=S. The maximum atomic E-state index is 12.9. The van der Waals surface area contributed by atoms with E-state index in [1.807, 2.05) is 22.9 Å². The second-order valence-corrected chi connectivity index (χ2v) is 8.46. The zero-order valence-electron chi connectivity index (χ0n) is 16.2. The molecular formula is C20H20N4O4S2. The second kappa shape index (κ2) is 8.88. The molecule has 0 unspecified atom stereocenters. The number of imidazole rings is 1. The number of amides is 2. The number of nitrogens with one attached hydrogen (secondary N) is 1. The van der Waals surface area contributed by atoms with Crippen LogP contribution in [0.15, 0.2) is 41.8 Å². The molecular weight excluding hydrogens is 424 g/mol. The predicted molar refractivity (Wildman–Crippen MR) is 117 cm³/mol. The van der Waals surface area contributed by atoms with Crippen molar-refractivity contribution in [2.75, 3.05) is 13.3 Å². The van der Waals surface area contributed by atoms with Gasteiger partial charge in [-0.3, -0.25) is 14.5 Å². The van der Waals surface area contributed by atoms with Gasteiger partial charge in [0.15, 0.2) is 11.5 Å². The van der Waals surface area contributed by atoms with Gasteiger partial charge in [-0.1, -0.05) is 30.0 Å². The van der Waals surface area contributed by atoms with Crippen molar-refractivity contribution in [3.63, 3.8) is 0 Å². The lowest BCUT2D eigenvalue weighted by atomic mass is 10.2. The van der Waals surface area contributed by atoms with E-state index in [0.29, 0.717) is 27.3 Å². The van der Waals surface area contributed by atoms with Crippen LogP contribution in [0.5, 0.6) is 11.5 Å². The van der Waals surface area contributed by atoms with Crippen LogP contribution in [0.2, 0.25) is 0 Å². The molecule has 0 aliphatic carbocycles. The molecule has 1 N–H and O–H groups in total. The van der Waals surface area contributed by atoms with Gasteiger partial charge in [-0.05, 0) is 37.1 Å². The Labute approximate surface area is 183 Å². The molecule has 2 aliphatic rings. The Morgan fingerprint density at radius 1 is 1.40 bits per heavy atom. The molecule has 0 bridgehead atoms. The van der Waals surface area contributed by atoms with E-state index >= 15 is 0 Å². The van der Waals surface area contributed by atoms with Crippen LogP contribution >= 0.6 is 24.0 Å². The van der Waals surface area contributed by atoms with Crippen molar-refractivity contribution < 1.29 is 19.1 Å². The Balaban J connectivity index is 1.36. The minimum atomic E-state index is -0.687. The molecule has 4 rings (SSSR count). The van der Waals surface area contributed by atoms with Gasteiger partial charge in [-0.2, -0.15) is 0 Å². The molecule has 1 atom stereocenters. The van der Waals surface area contributed by atoms with E-state index in [9.17, 15) is 9.59 Å². The zero-order chi connectivity index (χ0) is 21.1. The highest BCUT2D eigenvalue weighted by Gasteiger charge is 2.38. The highest BCUT2D eigenvalue weighted by molar-refractivity contribution is 8.26. The average Bonchev–Trinajstić information content (AvgIpc) is 3.46. The Hall–Kier alpha value is -2.85. The van der Waals surface area contributed by atoms with Gasteiger partial charge in [0, 0.05) is 25.5 Å². The maximum Gasteiger partial charge on any atom is 0.266 e. The van der Waals surface area contributed by atoms with Crippen molar-refractivity contribution in [2.45, 2.75) is 25.9 Å². The van der Waals surface area contributed by atoms with Crippen LogP contribution in [-0.2, 0) is 16.1 Å². The number of fused-ring (bicyclic) bond motifs is 1. The number of thioether (sulfide) groups is 1. The van der Waals surface area contributed by atoms with Gasteiger partial charge < -0.3 is 19.4 Å². The fourth-order valence-corrected chi connectivity index (χ4v) is 4.54. The smallest absolute Gasteiger partial charge is 0.266 e. The molecule has 0 saturated carbocycles. The number of aryl methyl sites for hydroxylation is 1. The van der Waals surface area contributed by atoms with Crippen molar-refractivity contribution >= 4 is 46.2 Å². The molecule has 2 aromatic rings. The van der Waals surface area contributed by atoms with Gasteiger partial charge >= 0.3 is 0 Å². The summed E-state index contributed by atoms with van der Waals surface area (Å²) in [5.41, 5.74) is 0.802. The summed E-state index contributed by atoms with van der Waals surface area (Å²) >= 11 is 6.56. The number of thiocarbonyl (C=S) groups is 1. The van der Waals surface area contributed by atoms with Crippen LogP contribution in [0.3, 0.4) is 0 Å². The summed E-state index contributed by atoms with van der Waals surface area (Å²) in [7, 11) is 0. The molecule has 0 radical (unpaired) electrons. The number of hydrogen-bond acceptors (Lipinski definition) is 7. The predicted octanol–water partition coefficient (Wildman–Crippen LogP) is 2.41. The topological polar surface area (TPSA) is 85.7 Å². The Morgan fingerprint density at radius 3 is 3.03 bits per heavy atom. The maximum absolute atomic E-state index is 12.9. The van der Waals surface area contributed by atoms with E-state index in [1.54, 1.807) is 31.6 Å². The summed E-state index contributed by atoms with van der Waals surface area (Å²) in [5.74, 6) is 0.811. The third-order valence-electron chi connectivity index (χ3n) is 4.74. The van der Waals surface area contributed by atoms with Crippen LogP contribution in [0, 0.1) is 0 Å². The lowest BCUT2D eigenvalue weighted by Gasteiger charge is -2.22. The minimum Gasteiger partial charge on any atom is -0.454 e. The van der Waals surface area contributed by atoms with Crippen LogP contribution < -0.4 is 14.8 Å². The molecule has 1 saturated heterocycles. The van der Waals surface area contributed by atoms with Gasteiger partial charge in [0.05, 0.1) is 11.2 Å². The first-order valence-corrected chi connectivity index (χ1v) is 10.7. The van der Waals surface area contributed by atoms with Crippen molar-refractivity contribution in [3.8, 4) is 11.5 Å². The van der Waals surface area contributed by atoms with E-state index in [2.05, 4.69) is 10.3 Å². The molecule has 1 aromatic carbocycles. The van der Waals surface area contributed by atoms with Crippen molar-refractivity contribution in [2.24, 2.45) is 0 Å². The highest BCUT2D eigenvalue weighted by atomic mass is 32.2. The van der Waals surface area contributed by atoms with Crippen molar-refractivity contribution in [1.82, 2.24) is 19.8 Å². The summed E-state index contributed by atoms with van der Waals surface area (Å²) < 4.78 is 13.0.